The number of hydrogen-bond donors (Lipinski definition) is 0. The number of fused-ring (bicyclic) bond motifs is 1. The number of nitrogens with zero attached hydrogens (tertiary/aromatic N) is 3. The van der Waals surface area contributed by atoms with Gasteiger partial charge in [0.25, 0.3) is 0 Å². The predicted octanol–water partition coefficient (Wildman–Crippen LogP) is 5.47. The molecule has 30 heavy (non-hydrogen) atoms. The van der Waals surface area contributed by atoms with Gasteiger partial charge in [-0.2, -0.15) is 0 Å². The highest BCUT2D eigenvalue weighted by molar-refractivity contribution is 5.96. The van der Waals surface area contributed by atoms with Crippen LogP contribution in [0.5, 0.6) is 0 Å². The average Bonchev–Trinajstić information content (AvgIpc) is 3.34. The van der Waals surface area contributed by atoms with Crippen molar-refractivity contribution in [3.63, 3.8) is 0 Å². The summed E-state index contributed by atoms with van der Waals surface area (Å²) in [6, 6.07) is 27.1. The van der Waals surface area contributed by atoms with Gasteiger partial charge in [0.2, 0.25) is 5.91 Å². The summed E-state index contributed by atoms with van der Waals surface area (Å²) < 4.78 is 2.32. The van der Waals surface area contributed by atoms with Crippen LogP contribution in [0.15, 0.2) is 78.9 Å². The second-order valence-corrected chi connectivity index (χ2v) is 8.16. The van der Waals surface area contributed by atoms with E-state index in [1.165, 1.54) is 5.56 Å². The highest BCUT2D eigenvalue weighted by Crippen LogP contribution is 2.36. The Kier molecular flexibility index (Phi) is 4.62. The number of para-hydroxylation sites is 2. The molecule has 2 heterocycles. The van der Waals surface area contributed by atoms with Gasteiger partial charge in [0.1, 0.15) is 5.82 Å². The van der Waals surface area contributed by atoms with E-state index in [1.807, 2.05) is 29.2 Å². The Morgan fingerprint density at radius 3 is 2.53 bits per heavy atom. The normalized spacial score (nSPS) is 17.6. The number of amides is 1. The molecule has 4 heteroatoms. The van der Waals surface area contributed by atoms with Crippen LogP contribution in [-0.2, 0) is 4.79 Å². The van der Waals surface area contributed by atoms with Gasteiger partial charge < -0.3 is 9.47 Å². The van der Waals surface area contributed by atoms with Crippen molar-refractivity contribution in [3.8, 4) is 0 Å². The van der Waals surface area contributed by atoms with Crippen LogP contribution in [0.25, 0.3) is 11.0 Å². The van der Waals surface area contributed by atoms with E-state index in [1.54, 1.807) is 0 Å². The maximum atomic E-state index is 12.9. The molecule has 3 aromatic carbocycles. The zero-order valence-corrected chi connectivity index (χ0v) is 17.3. The van der Waals surface area contributed by atoms with Crippen molar-refractivity contribution in [1.29, 1.82) is 0 Å². The first-order valence-electron chi connectivity index (χ1n) is 10.5. The van der Waals surface area contributed by atoms with E-state index in [2.05, 4.69) is 73.0 Å². The Labute approximate surface area is 176 Å². The van der Waals surface area contributed by atoms with Gasteiger partial charge in [-0.3, -0.25) is 4.79 Å². The van der Waals surface area contributed by atoms with Gasteiger partial charge in [-0.05, 0) is 49.2 Å². The smallest absolute Gasteiger partial charge is 0.227 e. The lowest BCUT2D eigenvalue weighted by Gasteiger charge is -2.21. The van der Waals surface area contributed by atoms with E-state index in [0.29, 0.717) is 13.0 Å². The Morgan fingerprint density at radius 1 is 0.967 bits per heavy atom. The molecule has 0 radical (unpaired) electrons. The fourth-order valence-corrected chi connectivity index (χ4v) is 4.56. The molecule has 0 aliphatic carbocycles. The number of anilines is 1. The van der Waals surface area contributed by atoms with Crippen LogP contribution in [0.4, 0.5) is 5.69 Å². The van der Waals surface area contributed by atoms with Crippen molar-refractivity contribution < 1.29 is 4.79 Å². The summed E-state index contributed by atoms with van der Waals surface area (Å²) in [6.45, 7) is 4.93. The van der Waals surface area contributed by atoms with E-state index in [0.717, 1.165) is 28.1 Å². The zero-order valence-electron chi connectivity index (χ0n) is 17.3. The molecule has 1 aliphatic rings. The maximum Gasteiger partial charge on any atom is 0.227 e. The summed E-state index contributed by atoms with van der Waals surface area (Å²) in [5.41, 5.74) is 5.47. The fourth-order valence-electron chi connectivity index (χ4n) is 4.56. The second-order valence-electron chi connectivity index (χ2n) is 8.16. The number of benzene rings is 3. The molecule has 2 atom stereocenters. The highest BCUT2D eigenvalue weighted by Gasteiger charge is 2.35. The van der Waals surface area contributed by atoms with E-state index in [4.69, 9.17) is 4.98 Å². The van der Waals surface area contributed by atoms with Crippen LogP contribution in [-0.4, -0.2) is 22.0 Å². The lowest BCUT2D eigenvalue weighted by molar-refractivity contribution is -0.117. The van der Waals surface area contributed by atoms with Crippen LogP contribution in [0.2, 0.25) is 0 Å². The number of imidazole rings is 1. The minimum absolute atomic E-state index is 0.0663. The molecule has 1 aromatic heterocycles. The highest BCUT2D eigenvalue weighted by atomic mass is 16.2. The first-order valence-corrected chi connectivity index (χ1v) is 10.5. The summed E-state index contributed by atoms with van der Waals surface area (Å²) in [6.07, 6.45) is 0.485. The average molecular weight is 396 g/mol. The topological polar surface area (TPSA) is 38.1 Å². The Balaban J connectivity index is 1.57. The van der Waals surface area contributed by atoms with Crippen molar-refractivity contribution >= 4 is 22.6 Å². The Morgan fingerprint density at radius 2 is 1.73 bits per heavy atom. The Bertz CT molecular complexity index is 1210. The van der Waals surface area contributed by atoms with Gasteiger partial charge in [-0.15, -0.1) is 0 Å². The molecular formula is C26H25N3O. The first kappa shape index (κ1) is 18.6. The largest absolute Gasteiger partial charge is 0.320 e. The predicted molar refractivity (Wildman–Crippen MR) is 121 cm³/mol. The Hall–Kier alpha value is -3.40. The van der Waals surface area contributed by atoms with Gasteiger partial charge in [0, 0.05) is 24.6 Å². The molecule has 1 aliphatic heterocycles. The zero-order chi connectivity index (χ0) is 20.7. The summed E-state index contributed by atoms with van der Waals surface area (Å²) in [5.74, 6) is 1.23. The first-order chi connectivity index (χ1) is 14.6. The number of aryl methyl sites for hydroxylation is 1. The molecule has 1 saturated heterocycles. The molecule has 5 rings (SSSR count). The minimum atomic E-state index is 0.0663. The SMILES string of the molecule is Cc1cccc(N2CC(c3nc4ccccc4n3C(C)c3ccccc3)CC2=O)c1. The molecule has 150 valence electrons. The second kappa shape index (κ2) is 7.45. The number of rotatable bonds is 4. The van der Waals surface area contributed by atoms with E-state index < -0.39 is 0 Å². The number of carbonyl (C=O) groups excluding carboxylic acids is 1. The summed E-state index contributed by atoms with van der Waals surface area (Å²) >= 11 is 0. The van der Waals surface area contributed by atoms with Crippen LogP contribution in [0.3, 0.4) is 0 Å². The standard InChI is InChI=1S/C26H25N3O/c1-18-9-8-12-22(15-18)28-17-21(16-25(28)30)26-27-23-13-6-7-14-24(23)29(26)19(2)20-10-4-3-5-11-20/h3-15,19,21H,16-17H2,1-2H3. The van der Waals surface area contributed by atoms with Crippen molar-refractivity contribution in [1.82, 2.24) is 9.55 Å². The monoisotopic (exact) mass is 395 g/mol. The molecule has 0 bridgehead atoms. The summed E-state index contributed by atoms with van der Waals surface area (Å²) in [4.78, 5) is 19.8. The third kappa shape index (κ3) is 3.18. The van der Waals surface area contributed by atoms with Gasteiger partial charge in [0.05, 0.1) is 17.1 Å². The van der Waals surface area contributed by atoms with Crippen molar-refractivity contribution in [2.75, 3.05) is 11.4 Å². The van der Waals surface area contributed by atoms with Gasteiger partial charge >= 0.3 is 0 Å². The number of carbonyl (C=O) groups is 1. The molecule has 1 amide bonds. The van der Waals surface area contributed by atoms with Gasteiger partial charge in [0.15, 0.2) is 0 Å². The van der Waals surface area contributed by atoms with Gasteiger partial charge in [-0.25, -0.2) is 4.98 Å². The van der Waals surface area contributed by atoms with Crippen molar-refractivity contribution in [3.05, 3.63) is 95.8 Å². The number of hydrogen-bond acceptors (Lipinski definition) is 2. The summed E-state index contributed by atoms with van der Waals surface area (Å²) in [7, 11) is 0. The molecule has 1 fully saturated rings. The van der Waals surface area contributed by atoms with Gasteiger partial charge in [-0.1, -0.05) is 54.6 Å². The van der Waals surface area contributed by atoms with Crippen molar-refractivity contribution in [2.45, 2.75) is 32.2 Å². The fraction of sp³-hybridized carbons (Fsp3) is 0.231. The quantitative estimate of drug-likeness (QED) is 0.459. The van der Waals surface area contributed by atoms with E-state index >= 15 is 0 Å². The third-order valence-corrected chi connectivity index (χ3v) is 6.10. The molecule has 0 N–H and O–H groups in total. The number of aromatic nitrogens is 2. The molecule has 0 spiro atoms. The van der Waals surface area contributed by atoms with Crippen molar-refractivity contribution in [2.24, 2.45) is 0 Å². The summed E-state index contributed by atoms with van der Waals surface area (Å²) in [5, 5.41) is 0. The maximum absolute atomic E-state index is 12.9. The van der Waals surface area contributed by atoms with Crippen LogP contribution in [0.1, 0.15) is 42.3 Å². The van der Waals surface area contributed by atoms with Crippen LogP contribution in [0, 0.1) is 6.92 Å². The molecule has 2 unspecified atom stereocenters. The molecule has 0 saturated carbocycles. The minimum Gasteiger partial charge on any atom is -0.320 e. The third-order valence-electron chi connectivity index (χ3n) is 6.10. The molecule has 4 aromatic rings. The molecule has 4 nitrogen and oxygen atoms in total. The van der Waals surface area contributed by atoms with Crippen LogP contribution >= 0.6 is 0 Å². The van der Waals surface area contributed by atoms with E-state index in [9.17, 15) is 4.79 Å². The lowest BCUT2D eigenvalue weighted by atomic mass is 10.0. The lowest BCUT2D eigenvalue weighted by Crippen LogP contribution is -2.24. The molecular weight excluding hydrogens is 370 g/mol. The van der Waals surface area contributed by atoms with E-state index in [-0.39, 0.29) is 17.9 Å². The van der Waals surface area contributed by atoms with Crippen LogP contribution < -0.4 is 4.90 Å².